The Hall–Kier alpha value is -2.14. The highest BCUT2D eigenvalue weighted by Crippen LogP contribution is 2.29. The molecule has 1 aliphatic carbocycles. The maximum absolute atomic E-state index is 13.0. The normalized spacial score (nSPS) is 14.5. The summed E-state index contributed by atoms with van der Waals surface area (Å²) in [6, 6.07) is 8.31. The van der Waals surface area contributed by atoms with Gasteiger partial charge in [-0.15, -0.1) is 0 Å². The monoisotopic (exact) mass is 354 g/mol. The van der Waals surface area contributed by atoms with Crippen LogP contribution in [0.3, 0.4) is 0 Å². The largest absolute Gasteiger partial charge is 0.340 e. The lowest BCUT2D eigenvalue weighted by Crippen LogP contribution is -2.35. The first-order valence-corrected chi connectivity index (χ1v) is 9.58. The van der Waals surface area contributed by atoms with E-state index in [0.29, 0.717) is 18.2 Å². The molecule has 0 aliphatic heterocycles. The van der Waals surface area contributed by atoms with Crippen LogP contribution < -0.4 is 5.73 Å². The van der Waals surface area contributed by atoms with E-state index in [0.717, 1.165) is 36.9 Å². The van der Waals surface area contributed by atoms with Gasteiger partial charge in [-0.05, 0) is 50.2 Å². The highest BCUT2D eigenvalue weighted by Gasteiger charge is 2.29. The molecule has 2 aromatic rings. The molecule has 1 aromatic heterocycles. The third-order valence-electron chi connectivity index (χ3n) is 5.48. The van der Waals surface area contributed by atoms with E-state index in [4.69, 9.17) is 10.8 Å². The van der Waals surface area contributed by atoms with Gasteiger partial charge in [0.2, 0.25) is 0 Å². The van der Waals surface area contributed by atoms with Gasteiger partial charge in [0.25, 0.3) is 5.91 Å². The molecule has 1 heterocycles. The number of nitrogens with two attached hydrogens (primary N) is 1. The molecule has 0 saturated heterocycles. The molecule has 1 amide bonds. The number of amides is 1. The maximum Gasteiger partial charge on any atom is 0.274 e. The number of fused-ring (bicyclic) bond motifs is 1. The van der Waals surface area contributed by atoms with Crippen molar-refractivity contribution in [3.8, 4) is 5.69 Å². The summed E-state index contributed by atoms with van der Waals surface area (Å²) >= 11 is 0. The quantitative estimate of drug-likeness (QED) is 0.867. The molecule has 3 rings (SSSR count). The average Bonchev–Trinajstić information content (AvgIpc) is 3.21. The predicted molar refractivity (Wildman–Crippen MR) is 105 cm³/mol. The maximum atomic E-state index is 13.0. The van der Waals surface area contributed by atoms with Gasteiger partial charge in [0.15, 0.2) is 5.69 Å². The number of para-hydroxylation sites is 1. The molecule has 0 saturated carbocycles. The zero-order valence-corrected chi connectivity index (χ0v) is 16.3. The molecule has 0 spiro atoms. The SMILES string of the molecule is Cc1ccccc1-n1nc(C(=O)N(C)CCC(N)C(C)C)c2c1CCC2. The van der Waals surface area contributed by atoms with Crippen LogP contribution >= 0.6 is 0 Å². The van der Waals surface area contributed by atoms with Crippen LogP contribution in [0.4, 0.5) is 0 Å². The summed E-state index contributed by atoms with van der Waals surface area (Å²) in [6.45, 7) is 6.97. The number of aryl methyl sites for hydroxylation is 1. The van der Waals surface area contributed by atoms with Gasteiger partial charge >= 0.3 is 0 Å². The van der Waals surface area contributed by atoms with Crippen molar-refractivity contribution in [2.75, 3.05) is 13.6 Å². The van der Waals surface area contributed by atoms with Crippen LogP contribution in [0.25, 0.3) is 5.69 Å². The van der Waals surface area contributed by atoms with E-state index in [1.807, 2.05) is 23.9 Å². The van der Waals surface area contributed by atoms with E-state index in [1.54, 1.807) is 4.90 Å². The van der Waals surface area contributed by atoms with Gasteiger partial charge in [-0.25, -0.2) is 4.68 Å². The van der Waals surface area contributed by atoms with Crippen molar-refractivity contribution in [3.05, 3.63) is 46.8 Å². The number of nitrogens with zero attached hydrogens (tertiary/aromatic N) is 3. The van der Waals surface area contributed by atoms with E-state index in [1.165, 1.54) is 11.3 Å². The number of hydrogen-bond acceptors (Lipinski definition) is 3. The summed E-state index contributed by atoms with van der Waals surface area (Å²) in [4.78, 5) is 14.8. The van der Waals surface area contributed by atoms with Crippen molar-refractivity contribution in [3.63, 3.8) is 0 Å². The first-order chi connectivity index (χ1) is 12.4. The number of hydrogen-bond donors (Lipinski definition) is 1. The first kappa shape index (κ1) is 18.6. The lowest BCUT2D eigenvalue weighted by Gasteiger charge is -2.21. The van der Waals surface area contributed by atoms with Crippen molar-refractivity contribution >= 4 is 5.91 Å². The standard InChI is InChI=1S/C21H30N4O/c1-14(2)17(22)12-13-24(4)21(26)20-16-9-7-11-19(16)25(23-20)18-10-6-5-8-15(18)3/h5-6,8,10,14,17H,7,9,11-13,22H2,1-4H3. The minimum absolute atomic E-state index is 0.00596. The van der Waals surface area contributed by atoms with Crippen molar-refractivity contribution in [2.45, 2.75) is 52.5 Å². The van der Waals surface area contributed by atoms with Gasteiger partial charge in [-0.3, -0.25) is 4.79 Å². The Bertz CT molecular complexity index is 793. The fourth-order valence-electron chi connectivity index (χ4n) is 3.57. The second-order valence-electron chi connectivity index (χ2n) is 7.75. The van der Waals surface area contributed by atoms with Gasteiger partial charge in [-0.2, -0.15) is 5.10 Å². The Morgan fingerprint density at radius 3 is 2.73 bits per heavy atom. The van der Waals surface area contributed by atoms with Crippen molar-refractivity contribution in [1.82, 2.24) is 14.7 Å². The summed E-state index contributed by atoms with van der Waals surface area (Å²) in [7, 11) is 1.85. The minimum atomic E-state index is 0.00596. The second kappa shape index (κ2) is 7.62. The molecule has 140 valence electrons. The Balaban J connectivity index is 1.86. The van der Waals surface area contributed by atoms with E-state index in [2.05, 4.69) is 32.9 Å². The number of carbonyl (C=O) groups excluding carboxylic acids is 1. The zero-order valence-electron chi connectivity index (χ0n) is 16.3. The molecule has 1 aromatic carbocycles. The molecule has 5 nitrogen and oxygen atoms in total. The molecule has 26 heavy (non-hydrogen) atoms. The third-order valence-corrected chi connectivity index (χ3v) is 5.48. The Kier molecular flexibility index (Phi) is 5.47. The molecular formula is C21H30N4O. The van der Waals surface area contributed by atoms with Crippen LogP contribution in [0.1, 0.15) is 54.0 Å². The molecular weight excluding hydrogens is 324 g/mol. The van der Waals surface area contributed by atoms with Crippen molar-refractivity contribution < 1.29 is 4.79 Å². The fraction of sp³-hybridized carbons (Fsp3) is 0.524. The average molecular weight is 354 g/mol. The highest BCUT2D eigenvalue weighted by atomic mass is 16.2. The second-order valence-corrected chi connectivity index (χ2v) is 7.75. The number of carbonyl (C=O) groups is 1. The summed E-state index contributed by atoms with van der Waals surface area (Å²) < 4.78 is 1.98. The lowest BCUT2D eigenvalue weighted by atomic mass is 10.0. The zero-order chi connectivity index (χ0) is 18.8. The van der Waals surface area contributed by atoms with E-state index >= 15 is 0 Å². The number of aromatic nitrogens is 2. The van der Waals surface area contributed by atoms with Crippen LogP contribution in [0.5, 0.6) is 0 Å². The Morgan fingerprint density at radius 1 is 1.31 bits per heavy atom. The topological polar surface area (TPSA) is 64.2 Å². The molecule has 1 aliphatic rings. The molecule has 5 heteroatoms. The lowest BCUT2D eigenvalue weighted by molar-refractivity contribution is 0.0782. The van der Waals surface area contributed by atoms with Crippen molar-refractivity contribution in [1.29, 1.82) is 0 Å². The van der Waals surface area contributed by atoms with Gasteiger partial charge in [-0.1, -0.05) is 32.0 Å². The molecule has 2 N–H and O–H groups in total. The Labute approximate surface area is 156 Å². The van der Waals surface area contributed by atoms with Gasteiger partial charge < -0.3 is 10.6 Å². The van der Waals surface area contributed by atoms with Crippen LogP contribution in [0, 0.1) is 12.8 Å². The van der Waals surface area contributed by atoms with Gasteiger partial charge in [0.05, 0.1) is 5.69 Å². The molecule has 1 unspecified atom stereocenters. The molecule has 0 radical (unpaired) electrons. The third kappa shape index (κ3) is 3.54. The number of benzene rings is 1. The van der Waals surface area contributed by atoms with Crippen molar-refractivity contribution in [2.24, 2.45) is 11.7 Å². The van der Waals surface area contributed by atoms with Crippen LogP contribution in [0.2, 0.25) is 0 Å². The summed E-state index contributed by atoms with van der Waals surface area (Å²) in [5, 5.41) is 4.74. The molecule has 0 bridgehead atoms. The Morgan fingerprint density at radius 2 is 2.04 bits per heavy atom. The van der Waals surface area contributed by atoms with E-state index in [9.17, 15) is 4.79 Å². The number of rotatable bonds is 6. The van der Waals surface area contributed by atoms with E-state index < -0.39 is 0 Å². The summed E-state index contributed by atoms with van der Waals surface area (Å²) in [6.07, 6.45) is 3.80. The fourth-order valence-corrected chi connectivity index (χ4v) is 3.57. The highest BCUT2D eigenvalue weighted by molar-refractivity contribution is 5.94. The van der Waals surface area contributed by atoms with Gasteiger partial charge in [0.1, 0.15) is 0 Å². The predicted octanol–water partition coefficient (Wildman–Crippen LogP) is 3.11. The molecule has 1 atom stereocenters. The smallest absolute Gasteiger partial charge is 0.274 e. The van der Waals surface area contributed by atoms with Crippen LogP contribution in [-0.2, 0) is 12.8 Å². The van der Waals surface area contributed by atoms with Crippen LogP contribution in [-0.4, -0.2) is 40.2 Å². The molecule has 0 fully saturated rings. The van der Waals surface area contributed by atoms with E-state index in [-0.39, 0.29) is 11.9 Å². The first-order valence-electron chi connectivity index (χ1n) is 9.58. The minimum Gasteiger partial charge on any atom is -0.340 e. The van der Waals surface area contributed by atoms with Gasteiger partial charge in [0, 0.05) is 30.9 Å². The summed E-state index contributed by atoms with van der Waals surface area (Å²) in [5.74, 6) is 0.425. The van der Waals surface area contributed by atoms with Crippen LogP contribution in [0.15, 0.2) is 24.3 Å². The summed E-state index contributed by atoms with van der Waals surface area (Å²) in [5.41, 5.74) is 11.3.